The number of anilines is 1. The van der Waals surface area contributed by atoms with Crippen molar-refractivity contribution in [3.8, 4) is 0 Å². The Morgan fingerprint density at radius 3 is 2.02 bits per heavy atom. The van der Waals surface area contributed by atoms with Crippen molar-refractivity contribution < 1.29 is 22.0 Å². The summed E-state index contributed by atoms with van der Waals surface area (Å²) in [6, 6.07) is 17.1. The van der Waals surface area contributed by atoms with Gasteiger partial charge in [-0.1, -0.05) is 88.9 Å². The van der Waals surface area contributed by atoms with Gasteiger partial charge in [0.1, 0.15) is 5.82 Å². The number of alkyl halides is 4. The summed E-state index contributed by atoms with van der Waals surface area (Å²) in [5, 5.41) is 0. The third-order valence-electron chi connectivity index (χ3n) is 7.79. The fourth-order valence-electron chi connectivity index (χ4n) is 5.46. The van der Waals surface area contributed by atoms with Gasteiger partial charge in [0.15, 0.2) is 0 Å². The van der Waals surface area contributed by atoms with Crippen LogP contribution in [0.1, 0.15) is 99.1 Å². The van der Waals surface area contributed by atoms with E-state index in [1.165, 1.54) is 24.1 Å². The van der Waals surface area contributed by atoms with Crippen LogP contribution in [0.4, 0.5) is 27.6 Å². The maximum atomic E-state index is 15.1. The molecule has 0 saturated heterocycles. The lowest BCUT2D eigenvalue weighted by Gasteiger charge is -2.19. The maximum absolute atomic E-state index is 15.1. The van der Waals surface area contributed by atoms with E-state index < -0.39 is 17.6 Å². The van der Waals surface area contributed by atoms with Crippen molar-refractivity contribution in [3.05, 3.63) is 99.9 Å². The summed E-state index contributed by atoms with van der Waals surface area (Å²) in [6.45, 7) is 6.24. The number of benzene rings is 3. The molecule has 41 heavy (non-hydrogen) atoms. The van der Waals surface area contributed by atoms with Gasteiger partial charge in [-0.25, -0.2) is 4.39 Å². The summed E-state index contributed by atoms with van der Waals surface area (Å²) in [5.74, 6) is 0.235. The first kappa shape index (κ1) is 32.4. The highest BCUT2D eigenvalue weighted by atomic mass is 19.4. The zero-order valence-electron chi connectivity index (χ0n) is 24.4. The van der Waals surface area contributed by atoms with Crippen LogP contribution in [0.5, 0.6) is 0 Å². The van der Waals surface area contributed by atoms with E-state index in [0.717, 1.165) is 72.1 Å². The van der Waals surface area contributed by atoms with Crippen LogP contribution in [0.15, 0.2) is 60.7 Å². The van der Waals surface area contributed by atoms with E-state index in [0.29, 0.717) is 30.7 Å². The molecule has 1 aliphatic rings. The van der Waals surface area contributed by atoms with E-state index in [4.69, 9.17) is 5.73 Å². The highest BCUT2D eigenvalue weighted by molar-refractivity contribution is 6.00. The molecule has 3 aromatic carbocycles. The molecule has 0 bridgehead atoms. The molecule has 2 N–H and O–H groups in total. The van der Waals surface area contributed by atoms with Crippen LogP contribution in [0.3, 0.4) is 0 Å². The Morgan fingerprint density at radius 2 is 1.49 bits per heavy atom. The quantitative estimate of drug-likeness (QED) is 0.201. The van der Waals surface area contributed by atoms with Crippen molar-refractivity contribution >= 4 is 16.8 Å². The van der Waals surface area contributed by atoms with E-state index >= 15 is 4.39 Å². The second-order valence-corrected chi connectivity index (χ2v) is 10.8. The molecular formula is C35H42F5N. The Morgan fingerprint density at radius 1 is 0.829 bits per heavy atom. The number of rotatable bonds is 9. The van der Waals surface area contributed by atoms with Crippen LogP contribution in [0.25, 0.3) is 11.1 Å². The highest BCUT2D eigenvalue weighted by Crippen LogP contribution is 2.42. The Labute approximate surface area is 241 Å². The van der Waals surface area contributed by atoms with Gasteiger partial charge in [-0.2, -0.15) is 13.2 Å². The second kappa shape index (κ2) is 15.2. The van der Waals surface area contributed by atoms with Crippen LogP contribution < -0.4 is 5.73 Å². The van der Waals surface area contributed by atoms with Crippen molar-refractivity contribution in [2.24, 2.45) is 5.92 Å². The van der Waals surface area contributed by atoms with Gasteiger partial charge in [0.05, 0.1) is 17.9 Å². The van der Waals surface area contributed by atoms with Gasteiger partial charge in [0.25, 0.3) is 0 Å². The van der Waals surface area contributed by atoms with Gasteiger partial charge >= 0.3 is 6.18 Å². The van der Waals surface area contributed by atoms with E-state index in [1.54, 1.807) is 6.07 Å². The van der Waals surface area contributed by atoms with Gasteiger partial charge < -0.3 is 5.73 Å². The summed E-state index contributed by atoms with van der Waals surface area (Å²) < 4.78 is 65.7. The molecule has 0 saturated carbocycles. The zero-order valence-corrected chi connectivity index (χ0v) is 24.4. The molecule has 0 fully saturated rings. The van der Waals surface area contributed by atoms with Gasteiger partial charge in [-0.3, -0.25) is 4.39 Å². The fraction of sp³-hybridized carbons (Fsp3) is 0.429. The van der Waals surface area contributed by atoms with E-state index in [2.05, 4.69) is 38.1 Å². The third kappa shape index (κ3) is 8.43. The van der Waals surface area contributed by atoms with Crippen molar-refractivity contribution in [3.63, 3.8) is 0 Å². The zero-order chi connectivity index (χ0) is 30.0. The summed E-state index contributed by atoms with van der Waals surface area (Å²) in [6.07, 6.45) is 3.62. The van der Waals surface area contributed by atoms with Gasteiger partial charge in [-0.05, 0) is 95.2 Å². The molecule has 0 heterocycles. The summed E-state index contributed by atoms with van der Waals surface area (Å²) >= 11 is 0. The molecule has 1 aliphatic carbocycles. The Balaban J connectivity index is 0.000000850. The minimum atomic E-state index is -4.39. The number of halogens is 5. The van der Waals surface area contributed by atoms with Gasteiger partial charge in [0.2, 0.25) is 0 Å². The van der Waals surface area contributed by atoms with E-state index in [-0.39, 0.29) is 12.4 Å². The topological polar surface area (TPSA) is 26.0 Å². The van der Waals surface area contributed by atoms with Crippen molar-refractivity contribution in [2.45, 2.75) is 84.7 Å². The van der Waals surface area contributed by atoms with Gasteiger partial charge in [-0.15, -0.1) is 0 Å². The number of fused-ring (bicyclic) bond motifs is 1. The number of nitrogens with two attached hydrogens (primary N) is 1. The average Bonchev–Trinajstić information content (AvgIpc) is 3.16. The van der Waals surface area contributed by atoms with Crippen molar-refractivity contribution in [1.29, 1.82) is 0 Å². The standard InChI is InChI=1S/C31H33F4N.C4H9F/c1-3-6-20(4-2)19-21-9-11-23(12-10-21)29-25(22-13-15-24(16-14-22)31(33,34)35)7-5-8-27-26(29)17-18-28(36)30(27)32;1-2-3-4-5/h9-18,20H,3-8,19,36H2,1-2H3;2-4H2,1H3. The SMILES string of the molecule is CCCC(CC)Cc1ccc(C2=C(c3ccc(C(F)(F)F)cc3)CCCc3c2ccc(N)c3F)cc1.CCCCF. The number of hydrogen-bond donors (Lipinski definition) is 1. The first-order valence-corrected chi connectivity index (χ1v) is 14.8. The third-order valence-corrected chi connectivity index (χ3v) is 7.79. The lowest BCUT2D eigenvalue weighted by Crippen LogP contribution is -2.05. The number of allylic oxidation sites excluding steroid dienone is 1. The molecule has 1 unspecified atom stereocenters. The van der Waals surface area contributed by atoms with Crippen LogP contribution in [0, 0.1) is 11.7 Å². The molecule has 222 valence electrons. The van der Waals surface area contributed by atoms with E-state index in [9.17, 15) is 17.6 Å². The molecule has 0 spiro atoms. The molecule has 1 atom stereocenters. The Bertz CT molecular complexity index is 1270. The highest BCUT2D eigenvalue weighted by Gasteiger charge is 2.30. The lowest BCUT2D eigenvalue weighted by atomic mass is 9.86. The van der Waals surface area contributed by atoms with Crippen molar-refractivity contribution in [2.75, 3.05) is 12.4 Å². The molecular weight excluding hydrogens is 529 g/mol. The second-order valence-electron chi connectivity index (χ2n) is 10.8. The smallest absolute Gasteiger partial charge is 0.396 e. The van der Waals surface area contributed by atoms with Crippen LogP contribution in [-0.4, -0.2) is 6.67 Å². The predicted molar refractivity (Wildman–Crippen MR) is 161 cm³/mol. The Hall–Kier alpha value is -3.15. The molecule has 0 amide bonds. The number of unbranched alkanes of at least 4 members (excludes halogenated alkanes) is 1. The molecule has 6 heteroatoms. The van der Waals surface area contributed by atoms with Crippen LogP contribution in [-0.2, 0) is 19.0 Å². The van der Waals surface area contributed by atoms with E-state index in [1.807, 2.05) is 13.0 Å². The lowest BCUT2D eigenvalue weighted by molar-refractivity contribution is -0.137. The largest absolute Gasteiger partial charge is 0.416 e. The van der Waals surface area contributed by atoms with Crippen LogP contribution in [0.2, 0.25) is 0 Å². The minimum absolute atomic E-state index is 0.114. The molecule has 4 rings (SSSR count). The molecule has 1 nitrogen and oxygen atoms in total. The summed E-state index contributed by atoms with van der Waals surface area (Å²) in [5.41, 5.74) is 11.4. The normalized spacial score (nSPS) is 14.1. The summed E-state index contributed by atoms with van der Waals surface area (Å²) in [4.78, 5) is 0. The molecule has 0 aromatic heterocycles. The van der Waals surface area contributed by atoms with Gasteiger partial charge in [0, 0.05) is 0 Å². The summed E-state index contributed by atoms with van der Waals surface area (Å²) in [7, 11) is 0. The first-order valence-electron chi connectivity index (χ1n) is 14.8. The fourth-order valence-corrected chi connectivity index (χ4v) is 5.46. The average molecular weight is 572 g/mol. The predicted octanol–water partition coefficient (Wildman–Crippen LogP) is 10.8. The van der Waals surface area contributed by atoms with Crippen LogP contribution >= 0.6 is 0 Å². The van der Waals surface area contributed by atoms with Crippen molar-refractivity contribution in [1.82, 2.24) is 0 Å². The molecule has 3 aromatic rings. The minimum Gasteiger partial charge on any atom is -0.396 e. The maximum Gasteiger partial charge on any atom is 0.416 e. The first-order chi connectivity index (χ1) is 19.6. The molecule has 0 aliphatic heterocycles. The monoisotopic (exact) mass is 571 g/mol. The Kier molecular flexibility index (Phi) is 12.0. The number of nitrogen functional groups attached to an aromatic ring is 1. The molecule has 0 radical (unpaired) electrons. The number of hydrogen-bond acceptors (Lipinski definition) is 1.